The first kappa shape index (κ1) is 14.1. The molecule has 3 aromatic rings. The van der Waals surface area contributed by atoms with E-state index in [0.29, 0.717) is 0 Å². The predicted octanol–water partition coefficient (Wildman–Crippen LogP) is 5.16. The summed E-state index contributed by atoms with van der Waals surface area (Å²) in [7, 11) is 0. The molecule has 21 heavy (non-hydrogen) atoms. The second kappa shape index (κ2) is 5.51. The van der Waals surface area contributed by atoms with Crippen LogP contribution in [0.1, 0.15) is 28.3 Å². The molecule has 0 fully saturated rings. The zero-order valence-corrected chi connectivity index (χ0v) is 13.0. The SMILES string of the molecule is Cc1ccc(C(N)c2c(C)ccc3ccccc23)c(Cl)c1. The van der Waals surface area contributed by atoms with Crippen molar-refractivity contribution in [2.24, 2.45) is 5.73 Å². The lowest BCUT2D eigenvalue weighted by Gasteiger charge is -2.19. The normalized spacial score (nSPS) is 12.6. The Morgan fingerprint density at radius 2 is 1.71 bits per heavy atom. The molecule has 1 unspecified atom stereocenters. The highest BCUT2D eigenvalue weighted by atomic mass is 35.5. The molecule has 0 aliphatic rings. The summed E-state index contributed by atoms with van der Waals surface area (Å²) >= 11 is 6.40. The monoisotopic (exact) mass is 295 g/mol. The first-order valence-electron chi connectivity index (χ1n) is 7.08. The molecule has 0 spiro atoms. The number of fused-ring (bicyclic) bond motifs is 1. The highest BCUT2D eigenvalue weighted by Crippen LogP contribution is 2.33. The minimum Gasteiger partial charge on any atom is -0.320 e. The number of nitrogens with two attached hydrogens (primary N) is 1. The van der Waals surface area contributed by atoms with Crippen molar-refractivity contribution >= 4 is 22.4 Å². The van der Waals surface area contributed by atoms with Gasteiger partial charge in [-0.05, 0) is 52.9 Å². The van der Waals surface area contributed by atoms with E-state index in [-0.39, 0.29) is 6.04 Å². The number of hydrogen-bond acceptors (Lipinski definition) is 1. The molecule has 0 aliphatic heterocycles. The molecule has 3 rings (SSSR count). The van der Waals surface area contributed by atoms with E-state index in [0.717, 1.165) is 21.7 Å². The van der Waals surface area contributed by atoms with Crippen molar-refractivity contribution in [2.45, 2.75) is 19.9 Å². The maximum absolute atomic E-state index is 6.55. The van der Waals surface area contributed by atoms with Gasteiger partial charge in [-0.3, -0.25) is 0 Å². The van der Waals surface area contributed by atoms with Gasteiger partial charge in [0.05, 0.1) is 6.04 Å². The summed E-state index contributed by atoms with van der Waals surface area (Å²) in [6.07, 6.45) is 0. The van der Waals surface area contributed by atoms with Crippen molar-refractivity contribution in [3.63, 3.8) is 0 Å². The van der Waals surface area contributed by atoms with Crippen LogP contribution in [0.15, 0.2) is 54.6 Å². The topological polar surface area (TPSA) is 26.0 Å². The highest BCUT2D eigenvalue weighted by molar-refractivity contribution is 6.31. The largest absolute Gasteiger partial charge is 0.320 e. The molecule has 3 aromatic carbocycles. The lowest BCUT2D eigenvalue weighted by atomic mass is 9.90. The molecule has 1 atom stereocenters. The van der Waals surface area contributed by atoms with E-state index >= 15 is 0 Å². The average Bonchev–Trinajstić information content (AvgIpc) is 2.46. The van der Waals surface area contributed by atoms with Gasteiger partial charge in [0.25, 0.3) is 0 Å². The first-order chi connectivity index (χ1) is 10.1. The molecule has 0 aliphatic carbocycles. The molecule has 0 saturated heterocycles. The van der Waals surface area contributed by atoms with E-state index in [1.54, 1.807) is 0 Å². The molecule has 2 N–H and O–H groups in total. The lowest BCUT2D eigenvalue weighted by Crippen LogP contribution is -2.14. The molecule has 2 heteroatoms. The van der Waals surface area contributed by atoms with E-state index in [1.807, 2.05) is 25.1 Å². The Labute approximate surface area is 130 Å². The summed E-state index contributed by atoms with van der Waals surface area (Å²) in [5.74, 6) is 0. The number of rotatable bonds is 2. The van der Waals surface area contributed by atoms with Gasteiger partial charge in [0.2, 0.25) is 0 Å². The Bertz CT molecular complexity index is 808. The summed E-state index contributed by atoms with van der Waals surface area (Å²) in [5, 5.41) is 3.13. The summed E-state index contributed by atoms with van der Waals surface area (Å²) in [5.41, 5.74) is 11.0. The second-order valence-electron chi connectivity index (χ2n) is 5.52. The molecular formula is C19H18ClN. The Morgan fingerprint density at radius 3 is 2.48 bits per heavy atom. The van der Waals surface area contributed by atoms with Crippen molar-refractivity contribution in [3.8, 4) is 0 Å². The van der Waals surface area contributed by atoms with Crippen molar-refractivity contribution < 1.29 is 0 Å². The van der Waals surface area contributed by atoms with Crippen LogP contribution in [-0.2, 0) is 0 Å². The molecule has 0 radical (unpaired) electrons. The van der Waals surface area contributed by atoms with Gasteiger partial charge in [-0.15, -0.1) is 0 Å². The maximum Gasteiger partial charge on any atom is 0.0575 e. The minimum atomic E-state index is -0.218. The van der Waals surface area contributed by atoms with Crippen molar-refractivity contribution in [1.29, 1.82) is 0 Å². The van der Waals surface area contributed by atoms with Crippen LogP contribution >= 0.6 is 11.6 Å². The first-order valence-corrected chi connectivity index (χ1v) is 7.45. The third-order valence-electron chi connectivity index (χ3n) is 3.99. The van der Waals surface area contributed by atoms with Gasteiger partial charge in [-0.2, -0.15) is 0 Å². The van der Waals surface area contributed by atoms with Crippen molar-refractivity contribution in [3.05, 3.63) is 81.9 Å². The smallest absolute Gasteiger partial charge is 0.0575 e. The number of hydrogen-bond donors (Lipinski definition) is 1. The van der Waals surface area contributed by atoms with Crippen LogP contribution in [0.5, 0.6) is 0 Å². The number of benzene rings is 3. The molecule has 0 aromatic heterocycles. The zero-order chi connectivity index (χ0) is 15.0. The van der Waals surface area contributed by atoms with E-state index in [4.69, 9.17) is 17.3 Å². The van der Waals surface area contributed by atoms with Crippen LogP contribution in [0.25, 0.3) is 10.8 Å². The van der Waals surface area contributed by atoms with E-state index < -0.39 is 0 Å². The minimum absolute atomic E-state index is 0.218. The lowest BCUT2D eigenvalue weighted by molar-refractivity contribution is 0.871. The van der Waals surface area contributed by atoms with E-state index in [2.05, 4.69) is 43.3 Å². The van der Waals surface area contributed by atoms with Crippen molar-refractivity contribution in [2.75, 3.05) is 0 Å². The zero-order valence-electron chi connectivity index (χ0n) is 12.2. The number of aryl methyl sites for hydroxylation is 2. The average molecular weight is 296 g/mol. The van der Waals surface area contributed by atoms with Crippen LogP contribution in [0.4, 0.5) is 0 Å². The molecule has 106 valence electrons. The molecule has 0 amide bonds. The Morgan fingerprint density at radius 1 is 0.952 bits per heavy atom. The molecular weight excluding hydrogens is 278 g/mol. The fraction of sp³-hybridized carbons (Fsp3) is 0.158. The highest BCUT2D eigenvalue weighted by Gasteiger charge is 2.17. The summed E-state index contributed by atoms with van der Waals surface area (Å²) in [4.78, 5) is 0. The third-order valence-corrected chi connectivity index (χ3v) is 4.32. The summed E-state index contributed by atoms with van der Waals surface area (Å²) < 4.78 is 0. The summed E-state index contributed by atoms with van der Waals surface area (Å²) in [6, 6.07) is 18.4. The third kappa shape index (κ3) is 2.55. The van der Waals surface area contributed by atoms with Crippen molar-refractivity contribution in [1.82, 2.24) is 0 Å². The molecule has 1 nitrogen and oxygen atoms in total. The van der Waals surface area contributed by atoms with Crippen LogP contribution < -0.4 is 5.73 Å². The standard InChI is InChI=1S/C19H18ClN/c1-12-7-10-16(17(20)11-12)19(21)18-13(2)8-9-14-5-3-4-6-15(14)18/h3-11,19H,21H2,1-2H3. The van der Waals surface area contributed by atoms with E-state index in [1.165, 1.54) is 16.3 Å². The quantitative estimate of drug-likeness (QED) is 0.694. The Hall–Kier alpha value is -1.83. The maximum atomic E-state index is 6.55. The van der Waals surface area contributed by atoms with Gasteiger partial charge in [0.1, 0.15) is 0 Å². The molecule has 0 heterocycles. The van der Waals surface area contributed by atoms with Crippen LogP contribution in [0.3, 0.4) is 0 Å². The second-order valence-corrected chi connectivity index (χ2v) is 5.93. The van der Waals surface area contributed by atoms with Crippen LogP contribution in [0, 0.1) is 13.8 Å². The predicted molar refractivity (Wildman–Crippen MR) is 90.9 cm³/mol. The molecule has 0 saturated carbocycles. The van der Waals surface area contributed by atoms with Gasteiger partial charge >= 0.3 is 0 Å². The van der Waals surface area contributed by atoms with Gasteiger partial charge in [0.15, 0.2) is 0 Å². The Kier molecular flexibility index (Phi) is 3.71. The van der Waals surface area contributed by atoms with E-state index in [9.17, 15) is 0 Å². The Balaban J connectivity index is 2.21. The van der Waals surface area contributed by atoms with Gasteiger partial charge in [-0.1, -0.05) is 60.1 Å². The summed E-state index contributed by atoms with van der Waals surface area (Å²) in [6.45, 7) is 4.13. The van der Waals surface area contributed by atoms with Gasteiger partial charge < -0.3 is 5.73 Å². The fourth-order valence-corrected chi connectivity index (χ4v) is 3.21. The fourth-order valence-electron chi connectivity index (χ4n) is 2.86. The van der Waals surface area contributed by atoms with Gasteiger partial charge in [0, 0.05) is 5.02 Å². The van der Waals surface area contributed by atoms with Crippen LogP contribution in [0.2, 0.25) is 5.02 Å². The number of halogens is 1. The molecule has 0 bridgehead atoms. The van der Waals surface area contributed by atoms with Gasteiger partial charge in [-0.25, -0.2) is 0 Å². The van der Waals surface area contributed by atoms with Crippen LogP contribution in [-0.4, -0.2) is 0 Å².